The molecule has 1 unspecified atom stereocenters. The van der Waals surface area contributed by atoms with Gasteiger partial charge in [-0.25, -0.2) is 0 Å². The summed E-state index contributed by atoms with van der Waals surface area (Å²) in [6.45, 7) is 4.63. The third kappa shape index (κ3) is 2.33. The maximum atomic E-state index is 12.4. The van der Waals surface area contributed by atoms with Crippen LogP contribution >= 0.6 is 0 Å². The van der Waals surface area contributed by atoms with Gasteiger partial charge in [-0.15, -0.1) is 0 Å². The van der Waals surface area contributed by atoms with Crippen molar-refractivity contribution in [1.29, 1.82) is 0 Å². The zero-order valence-electron chi connectivity index (χ0n) is 12.4. The van der Waals surface area contributed by atoms with Crippen molar-refractivity contribution in [1.82, 2.24) is 4.90 Å². The van der Waals surface area contributed by atoms with Gasteiger partial charge in [0, 0.05) is 6.54 Å². The van der Waals surface area contributed by atoms with Crippen molar-refractivity contribution < 1.29 is 9.59 Å². The summed E-state index contributed by atoms with van der Waals surface area (Å²) in [5.41, 5.74) is 3.36. The maximum Gasteiger partial charge on any atom is 0.261 e. The number of hydrogen-bond acceptors (Lipinski definition) is 2. The third-order valence-electron chi connectivity index (χ3n) is 4.07. The van der Waals surface area contributed by atoms with E-state index in [1.165, 1.54) is 10.5 Å². The van der Waals surface area contributed by atoms with Gasteiger partial charge in [-0.05, 0) is 42.0 Å². The van der Waals surface area contributed by atoms with Crippen LogP contribution in [0.5, 0.6) is 0 Å². The monoisotopic (exact) mass is 281 g/mol. The molecule has 108 valence electrons. The van der Waals surface area contributed by atoms with Gasteiger partial charge in [-0.1, -0.05) is 38.1 Å². The van der Waals surface area contributed by atoms with Crippen molar-refractivity contribution >= 4 is 17.4 Å². The molecular weight excluding hydrogens is 262 g/mol. The number of benzene rings is 1. The van der Waals surface area contributed by atoms with Crippen LogP contribution in [0.3, 0.4) is 0 Å². The smallest absolute Gasteiger partial charge is 0.261 e. The van der Waals surface area contributed by atoms with Crippen LogP contribution in [0.4, 0.5) is 0 Å². The lowest BCUT2D eigenvalue weighted by molar-refractivity contribution is 0.0654. The Morgan fingerprint density at radius 2 is 1.95 bits per heavy atom. The Bertz CT molecular complexity index is 670. The van der Waals surface area contributed by atoms with Gasteiger partial charge in [-0.2, -0.15) is 0 Å². The maximum absolute atomic E-state index is 12.4. The van der Waals surface area contributed by atoms with Crippen LogP contribution < -0.4 is 0 Å². The summed E-state index contributed by atoms with van der Waals surface area (Å²) in [6.07, 6.45) is 8.08. The van der Waals surface area contributed by atoms with E-state index in [1.54, 1.807) is 6.07 Å². The Morgan fingerprint density at radius 3 is 2.67 bits per heavy atom. The van der Waals surface area contributed by atoms with Crippen LogP contribution in [0.25, 0.3) is 5.57 Å². The molecule has 1 heterocycles. The summed E-state index contributed by atoms with van der Waals surface area (Å²) in [4.78, 5) is 25.9. The average Bonchev–Trinajstić information content (AvgIpc) is 2.72. The van der Waals surface area contributed by atoms with E-state index in [0.29, 0.717) is 23.6 Å². The SMILES string of the molecule is CCCN1C(=O)c2ccc(C3=CC=CC(C)C3)cc2C1=O. The molecular formula is C18H19NO2. The molecule has 1 aliphatic carbocycles. The van der Waals surface area contributed by atoms with Gasteiger partial charge in [0.25, 0.3) is 11.8 Å². The topological polar surface area (TPSA) is 37.4 Å². The van der Waals surface area contributed by atoms with Crippen molar-refractivity contribution in [2.24, 2.45) is 5.92 Å². The minimum absolute atomic E-state index is 0.154. The minimum atomic E-state index is -0.158. The molecule has 21 heavy (non-hydrogen) atoms. The lowest BCUT2D eigenvalue weighted by atomic mass is 9.90. The highest BCUT2D eigenvalue weighted by Crippen LogP contribution is 2.31. The fourth-order valence-corrected chi connectivity index (χ4v) is 2.98. The van der Waals surface area contributed by atoms with Crippen LogP contribution in [0.15, 0.2) is 36.4 Å². The highest BCUT2D eigenvalue weighted by atomic mass is 16.2. The highest BCUT2D eigenvalue weighted by Gasteiger charge is 2.35. The van der Waals surface area contributed by atoms with Gasteiger partial charge >= 0.3 is 0 Å². The molecule has 0 radical (unpaired) electrons. The zero-order valence-corrected chi connectivity index (χ0v) is 12.4. The molecule has 0 saturated heterocycles. The standard InChI is InChI=1S/C18H19NO2/c1-3-9-19-17(20)15-8-7-14(11-16(15)18(19)21)13-6-4-5-12(2)10-13/h4-8,11-12H,3,9-10H2,1-2H3. The molecule has 3 nitrogen and oxygen atoms in total. The second-order valence-corrected chi connectivity index (χ2v) is 5.78. The van der Waals surface area contributed by atoms with E-state index in [2.05, 4.69) is 25.2 Å². The molecule has 0 N–H and O–H groups in total. The third-order valence-corrected chi connectivity index (χ3v) is 4.07. The van der Waals surface area contributed by atoms with E-state index in [0.717, 1.165) is 18.4 Å². The molecule has 1 aromatic rings. The number of nitrogens with zero attached hydrogens (tertiary/aromatic N) is 1. The largest absolute Gasteiger partial charge is 0.274 e. The molecule has 0 spiro atoms. The molecule has 0 saturated carbocycles. The summed E-state index contributed by atoms with van der Waals surface area (Å²) >= 11 is 0. The van der Waals surface area contributed by atoms with E-state index >= 15 is 0 Å². The van der Waals surface area contributed by atoms with Crippen molar-refractivity contribution in [3.63, 3.8) is 0 Å². The Morgan fingerprint density at radius 1 is 1.19 bits per heavy atom. The lowest BCUT2D eigenvalue weighted by Gasteiger charge is -2.15. The minimum Gasteiger partial charge on any atom is -0.274 e. The van der Waals surface area contributed by atoms with Crippen molar-refractivity contribution in [3.8, 4) is 0 Å². The predicted molar refractivity (Wildman–Crippen MR) is 83.0 cm³/mol. The molecule has 3 heteroatoms. The predicted octanol–water partition coefficient (Wildman–Crippen LogP) is 3.67. The quantitative estimate of drug-likeness (QED) is 0.793. The van der Waals surface area contributed by atoms with Gasteiger partial charge in [0.2, 0.25) is 0 Å². The number of carbonyl (C=O) groups is 2. The van der Waals surface area contributed by atoms with Crippen LogP contribution in [-0.2, 0) is 0 Å². The Hall–Kier alpha value is -2.16. The summed E-state index contributed by atoms with van der Waals surface area (Å²) in [7, 11) is 0. The Balaban J connectivity index is 1.97. The fraction of sp³-hybridized carbons (Fsp3) is 0.333. The van der Waals surface area contributed by atoms with E-state index in [4.69, 9.17) is 0 Å². The van der Waals surface area contributed by atoms with E-state index in [9.17, 15) is 9.59 Å². The first-order valence-electron chi connectivity index (χ1n) is 7.49. The van der Waals surface area contributed by atoms with Crippen LogP contribution in [0.1, 0.15) is 53.0 Å². The van der Waals surface area contributed by atoms with Gasteiger partial charge < -0.3 is 0 Å². The molecule has 1 aromatic carbocycles. The van der Waals surface area contributed by atoms with E-state index < -0.39 is 0 Å². The van der Waals surface area contributed by atoms with Crippen molar-refractivity contribution in [2.75, 3.05) is 6.54 Å². The highest BCUT2D eigenvalue weighted by molar-refractivity contribution is 6.21. The summed E-state index contributed by atoms with van der Waals surface area (Å²) in [5, 5.41) is 0. The molecule has 0 aromatic heterocycles. The Labute approximate surface area is 125 Å². The summed E-state index contributed by atoms with van der Waals surface area (Å²) in [6, 6.07) is 5.63. The number of allylic oxidation sites excluding steroid dienone is 4. The van der Waals surface area contributed by atoms with E-state index in [-0.39, 0.29) is 11.8 Å². The average molecular weight is 281 g/mol. The number of rotatable bonds is 3. The van der Waals surface area contributed by atoms with Crippen molar-refractivity contribution in [3.05, 3.63) is 53.1 Å². The van der Waals surface area contributed by atoms with Gasteiger partial charge in [0.15, 0.2) is 0 Å². The van der Waals surface area contributed by atoms with Gasteiger partial charge in [0.1, 0.15) is 0 Å². The van der Waals surface area contributed by atoms with Crippen LogP contribution in [-0.4, -0.2) is 23.3 Å². The molecule has 0 bridgehead atoms. The second kappa shape index (κ2) is 5.32. The molecule has 3 rings (SSSR count). The molecule has 1 aliphatic heterocycles. The summed E-state index contributed by atoms with van der Waals surface area (Å²) in [5.74, 6) is 0.195. The van der Waals surface area contributed by atoms with Gasteiger partial charge in [-0.3, -0.25) is 14.5 Å². The van der Waals surface area contributed by atoms with Crippen molar-refractivity contribution in [2.45, 2.75) is 26.7 Å². The van der Waals surface area contributed by atoms with E-state index in [1.807, 2.05) is 19.1 Å². The van der Waals surface area contributed by atoms with Crippen LogP contribution in [0, 0.1) is 5.92 Å². The molecule has 0 fully saturated rings. The molecule has 2 aliphatic rings. The normalized spacial score (nSPS) is 20.8. The number of amides is 2. The first-order valence-corrected chi connectivity index (χ1v) is 7.49. The fourth-order valence-electron chi connectivity index (χ4n) is 2.98. The molecule has 2 amide bonds. The van der Waals surface area contributed by atoms with Gasteiger partial charge in [0.05, 0.1) is 11.1 Å². The lowest BCUT2D eigenvalue weighted by Crippen LogP contribution is -2.30. The first kappa shape index (κ1) is 13.8. The number of fused-ring (bicyclic) bond motifs is 1. The molecule has 1 atom stereocenters. The first-order chi connectivity index (χ1) is 10.1. The van der Waals surface area contributed by atoms with Crippen LogP contribution in [0.2, 0.25) is 0 Å². The number of imide groups is 1. The summed E-state index contributed by atoms with van der Waals surface area (Å²) < 4.78 is 0. The number of hydrogen-bond donors (Lipinski definition) is 0. The zero-order chi connectivity index (χ0) is 15.0. The Kier molecular flexibility index (Phi) is 3.50. The number of carbonyl (C=O) groups excluding carboxylic acids is 2. The second-order valence-electron chi connectivity index (χ2n) is 5.78.